The van der Waals surface area contributed by atoms with Crippen LogP contribution in [0.15, 0.2) is 0 Å². The number of nitrogens with zero attached hydrogens (tertiary/aromatic N) is 1. The van der Waals surface area contributed by atoms with Crippen LogP contribution in [0.4, 0.5) is 4.79 Å². The maximum Gasteiger partial charge on any atom is 0.407 e. The molecule has 1 rings (SSSR count). The Labute approximate surface area is 263 Å². The van der Waals surface area contributed by atoms with E-state index in [2.05, 4.69) is 30.7 Å². The summed E-state index contributed by atoms with van der Waals surface area (Å²) in [5, 5.41) is 9.53. The number of nitrogens with one attached hydrogen (secondary N) is 4. The van der Waals surface area contributed by atoms with Crippen LogP contribution in [-0.4, -0.2) is 110 Å². The Kier molecular flexibility index (Phi) is 16.6. The molecule has 0 aromatic carbocycles. The number of hydrogen-bond donors (Lipinski definition) is 4. The molecule has 1 aliphatic heterocycles. The van der Waals surface area contributed by atoms with Crippen LogP contribution in [0.1, 0.15) is 66.7 Å². The lowest BCUT2D eigenvalue weighted by Gasteiger charge is -2.31. The van der Waals surface area contributed by atoms with E-state index in [1.54, 1.807) is 20.8 Å². The summed E-state index contributed by atoms with van der Waals surface area (Å²) in [5.41, 5.74) is 0. The molecule has 0 bridgehead atoms. The Hall–Kier alpha value is -4.24. The zero-order valence-corrected chi connectivity index (χ0v) is 27.1. The molecule has 16 heteroatoms. The van der Waals surface area contributed by atoms with Gasteiger partial charge in [-0.1, -0.05) is 41.0 Å². The third kappa shape index (κ3) is 12.7. The lowest BCUT2D eigenvalue weighted by molar-refractivity contribution is -0.150. The van der Waals surface area contributed by atoms with Crippen molar-refractivity contribution in [2.75, 3.05) is 33.9 Å². The number of alkyl carbamates (subject to hydrolysis) is 1. The van der Waals surface area contributed by atoms with E-state index in [0.717, 1.165) is 14.2 Å². The van der Waals surface area contributed by atoms with E-state index in [1.165, 1.54) is 4.90 Å². The summed E-state index contributed by atoms with van der Waals surface area (Å²) in [6.07, 6.45) is 0.0942. The van der Waals surface area contributed by atoms with Gasteiger partial charge in [0, 0.05) is 6.54 Å². The summed E-state index contributed by atoms with van der Waals surface area (Å²) in [6, 6.07) is -4.49. The second kappa shape index (κ2) is 19.2. The van der Waals surface area contributed by atoms with E-state index >= 15 is 0 Å². The van der Waals surface area contributed by atoms with Gasteiger partial charge in [0.15, 0.2) is 0 Å². The van der Waals surface area contributed by atoms with E-state index in [1.807, 2.05) is 13.8 Å². The first-order valence-corrected chi connectivity index (χ1v) is 15.0. The molecule has 5 amide bonds. The maximum absolute atomic E-state index is 13.4. The van der Waals surface area contributed by atoms with Crippen molar-refractivity contribution < 1.29 is 52.6 Å². The molecule has 0 aromatic heterocycles. The molecule has 16 nitrogen and oxygen atoms in total. The molecule has 4 N–H and O–H groups in total. The molecule has 0 aromatic rings. The van der Waals surface area contributed by atoms with Gasteiger partial charge in [-0.2, -0.15) is 0 Å². The molecule has 1 fully saturated rings. The van der Waals surface area contributed by atoms with Crippen LogP contribution in [0.5, 0.6) is 0 Å². The summed E-state index contributed by atoms with van der Waals surface area (Å²) >= 11 is 0. The standard InChI is InChI=1S/C29H47N5O11/c1-8-10-18(24(37)26(39)30-14-21(35)31-19(28(41)44-7)13-22(36)43-6)32-25(38)20-11-9-12-34(20)27(40)23(17(4)5)33-29(42)45-15-16(2)3/h16-20,23H,8-15H2,1-7H3,(H,30,39)(H,31,35)(H,32,38)(H,33,42)/t18?,19-,20?,23-/m0/s1. The number of carbonyl (C=O) groups excluding carboxylic acids is 8. The van der Waals surface area contributed by atoms with Gasteiger partial charge in [-0.15, -0.1) is 0 Å². The van der Waals surface area contributed by atoms with Gasteiger partial charge in [0.1, 0.15) is 18.1 Å². The molecule has 1 heterocycles. The van der Waals surface area contributed by atoms with Gasteiger partial charge in [0.2, 0.25) is 23.5 Å². The molecular formula is C29H47N5O11. The van der Waals surface area contributed by atoms with Crippen LogP contribution >= 0.6 is 0 Å². The van der Waals surface area contributed by atoms with Gasteiger partial charge in [-0.3, -0.25) is 28.8 Å². The summed E-state index contributed by atoms with van der Waals surface area (Å²) in [5.74, 6) is -6.06. The van der Waals surface area contributed by atoms with Gasteiger partial charge in [-0.25, -0.2) is 9.59 Å². The largest absolute Gasteiger partial charge is 0.469 e. The number of ether oxygens (including phenoxy) is 3. The normalized spacial score (nSPS) is 16.2. The minimum Gasteiger partial charge on any atom is -0.469 e. The van der Waals surface area contributed by atoms with E-state index in [-0.39, 0.29) is 31.4 Å². The number of amides is 5. The van der Waals surface area contributed by atoms with E-state index in [9.17, 15) is 38.4 Å². The van der Waals surface area contributed by atoms with Crippen molar-refractivity contribution in [1.82, 2.24) is 26.2 Å². The summed E-state index contributed by atoms with van der Waals surface area (Å²) in [7, 11) is 2.16. The van der Waals surface area contributed by atoms with E-state index < -0.39 is 84.6 Å². The monoisotopic (exact) mass is 641 g/mol. The first kappa shape index (κ1) is 38.8. The van der Waals surface area contributed by atoms with Crippen LogP contribution < -0.4 is 21.3 Å². The number of rotatable bonds is 17. The smallest absolute Gasteiger partial charge is 0.407 e. The molecular weight excluding hydrogens is 594 g/mol. The number of Topliss-reactive ketones (excluding diaryl/α,β-unsaturated/α-hetero) is 1. The quantitative estimate of drug-likeness (QED) is 0.0908. The second-order valence-corrected chi connectivity index (χ2v) is 11.4. The number of methoxy groups -OCH3 is 2. The molecule has 0 radical (unpaired) electrons. The molecule has 0 saturated carbocycles. The lowest BCUT2D eigenvalue weighted by Crippen LogP contribution is -2.57. The number of likely N-dealkylation sites (tertiary alicyclic amines) is 1. The third-order valence-corrected chi connectivity index (χ3v) is 6.86. The molecule has 0 spiro atoms. The molecule has 1 aliphatic rings. The van der Waals surface area contributed by atoms with Crippen LogP contribution in [0.3, 0.4) is 0 Å². The highest BCUT2D eigenvalue weighted by atomic mass is 16.5. The van der Waals surface area contributed by atoms with E-state index in [0.29, 0.717) is 19.3 Å². The van der Waals surface area contributed by atoms with Gasteiger partial charge < -0.3 is 40.4 Å². The zero-order valence-electron chi connectivity index (χ0n) is 27.1. The summed E-state index contributed by atoms with van der Waals surface area (Å²) < 4.78 is 14.2. The highest BCUT2D eigenvalue weighted by molar-refractivity contribution is 6.38. The van der Waals surface area contributed by atoms with Gasteiger partial charge in [-0.05, 0) is 31.1 Å². The van der Waals surface area contributed by atoms with Gasteiger partial charge in [0.05, 0.1) is 39.8 Å². The number of carbonyl (C=O) groups is 8. The fourth-order valence-electron chi connectivity index (χ4n) is 4.47. The molecule has 1 saturated heterocycles. The van der Waals surface area contributed by atoms with Crippen molar-refractivity contribution in [3.05, 3.63) is 0 Å². The zero-order chi connectivity index (χ0) is 34.3. The third-order valence-electron chi connectivity index (χ3n) is 6.86. The first-order valence-electron chi connectivity index (χ1n) is 15.0. The molecule has 45 heavy (non-hydrogen) atoms. The molecule has 4 atom stereocenters. The summed E-state index contributed by atoms with van der Waals surface area (Å²) in [6.45, 7) is 8.72. The first-order chi connectivity index (χ1) is 21.2. The van der Waals surface area contributed by atoms with Gasteiger partial charge >= 0.3 is 18.0 Å². The van der Waals surface area contributed by atoms with Crippen LogP contribution in [0, 0.1) is 11.8 Å². The van der Waals surface area contributed by atoms with Crippen LogP contribution in [0.25, 0.3) is 0 Å². The topological polar surface area (TPSA) is 216 Å². The highest BCUT2D eigenvalue weighted by Crippen LogP contribution is 2.21. The van der Waals surface area contributed by atoms with E-state index in [4.69, 9.17) is 4.74 Å². The van der Waals surface area contributed by atoms with Gasteiger partial charge in [0.25, 0.3) is 5.91 Å². The minimum atomic E-state index is -1.37. The fourth-order valence-corrected chi connectivity index (χ4v) is 4.47. The number of ketones is 1. The Morgan fingerprint density at radius 1 is 0.889 bits per heavy atom. The van der Waals surface area contributed by atoms with Crippen molar-refractivity contribution in [2.24, 2.45) is 11.8 Å². The average molecular weight is 642 g/mol. The SMILES string of the molecule is CCCC(NC(=O)C1CCCN1C(=O)[C@@H](NC(=O)OCC(C)C)C(C)C)C(=O)C(=O)NCC(=O)N[C@@H](CC(=O)OC)C(=O)OC. The van der Waals surface area contributed by atoms with Crippen LogP contribution in [0.2, 0.25) is 0 Å². The predicted molar refractivity (Wildman–Crippen MR) is 158 cm³/mol. The Morgan fingerprint density at radius 3 is 2.11 bits per heavy atom. The Balaban J connectivity index is 2.88. The molecule has 0 aliphatic carbocycles. The second-order valence-electron chi connectivity index (χ2n) is 11.4. The van der Waals surface area contributed by atoms with Crippen molar-refractivity contribution in [1.29, 1.82) is 0 Å². The number of hydrogen-bond acceptors (Lipinski definition) is 11. The van der Waals surface area contributed by atoms with Crippen molar-refractivity contribution >= 4 is 47.4 Å². The Bertz CT molecular complexity index is 1090. The van der Waals surface area contributed by atoms with Crippen molar-refractivity contribution in [2.45, 2.75) is 90.9 Å². The van der Waals surface area contributed by atoms with Crippen molar-refractivity contribution in [3.63, 3.8) is 0 Å². The van der Waals surface area contributed by atoms with Crippen LogP contribution in [-0.2, 0) is 47.8 Å². The summed E-state index contributed by atoms with van der Waals surface area (Å²) in [4.78, 5) is 102. The Morgan fingerprint density at radius 2 is 1.56 bits per heavy atom. The lowest BCUT2D eigenvalue weighted by atomic mass is 10.0. The highest BCUT2D eigenvalue weighted by Gasteiger charge is 2.40. The molecule has 254 valence electrons. The maximum atomic E-state index is 13.4. The number of esters is 2. The predicted octanol–water partition coefficient (Wildman–Crippen LogP) is -0.425. The fraction of sp³-hybridized carbons (Fsp3) is 0.724. The minimum absolute atomic E-state index is 0.102. The average Bonchev–Trinajstić information content (AvgIpc) is 3.49. The molecule has 2 unspecified atom stereocenters. The van der Waals surface area contributed by atoms with Crippen molar-refractivity contribution in [3.8, 4) is 0 Å².